The van der Waals surface area contributed by atoms with Crippen molar-refractivity contribution in [2.45, 2.75) is 46.5 Å². The lowest BCUT2D eigenvalue weighted by Crippen LogP contribution is -2.49. The third kappa shape index (κ3) is 3.28. The maximum absolute atomic E-state index is 12.4. The van der Waals surface area contributed by atoms with E-state index in [-0.39, 0.29) is 23.1 Å². The van der Waals surface area contributed by atoms with Crippen LogP contribution in [0.1, 0.15) is 46.5 Å². The van der Waals surface area contributed by atoms with Crippen LogP contribution in [0, 0.1) is 11.3 Å². The number of piperidine rings is 1. The van der Waals surface area contributed by atoms with Gasteiger partial charge < -0.3 is 9.80 Å². The largest absolute Gasteiger partial charge is 0.342 e. The number of carbonyl (C=O) groups excluding carboxylic acids is 2. The van der Waals surface area contributed by atoms with Crippen molar-refractivity contribution in [2.75, 3.05) is 26.2 Å². The Bertz CT molecular complexity index is 354. The molecule has 1 unspecified atom stereocenters. The van der Waals surface area contributed by atoms with Crippen molar-refractivity contribution in [2.24, 2.45) is 11.3 Å². The molecule has 2 aliphatic rings. The molecule has 0 radical (unpaired) electrons. The Morgan fingerprint density at radius 3 is 2.11 bits per heavy atom. The van der Waals surface area contributed by atoms with E-state index < -0.39 is 0 Å². The first-order valence-corrected chi connectivity index (χ1v) is 7.48. The average Bonchev–Trinajstić information content (AvgIpc) is 2.90. The molecule has 4 nitrogen and oxygen atoms in total. The Labute approximate surface area is 116 Å². The number of hydrogen-bond acceptors (Lipinski definition) is 2. The van der Waals surface area contributed by atoms with Crippen LogP contribution in [0.3, 0.4) is 0 Å². The summed E-state index contributed by atoms with van der Waals surface area (Å²) in [6, 6.07) is 0. The molecular formula is C15H26N2O2. The van der Waals surface area contributed by atoms with Crippen LogP contribution in [0.2, 0.25) is 0 Å². The maximum Gasteiger partial charge on any atom is 0.227 e. The van der Waals surface area contributed by atoms with Gasteiger partial charge in [-0.2, -0.15) is 0 Å². The molecule has 4 heteroatoms. The summed E-state index contributed by atoms with van der Waals surface area (Å²) in [5.41, 5.74) is -0.349. The molecule has 0 aromatic heterocycles. The topological polar surface area (TPSA) is 40.6 Å². The highest BCUT2D eigenvalue weighted by molar-refractivity contribution is 5.84. The van der Waals surface area contributed by atoms with E-state index in [4.69, 9.17) is 0 Å². The van der Waals surface area contributed by atoms with Crippen molar-refractivity contribution in [3.8, 4) is 0 Å². The molecule has 19 heavy (non-hydrogen) atoms. The summed E-state index contributed by atoms with van der Waals surface area (Å²) in [4.78, 5) is 28.6. The zero-order chi connectivity index (χ0) is 14.0. The van der Waals surface area contributed by atoms with Crippen LogP contribution in [0.25, 0.3) is 0 Å². The summed E-state index contributed by atoms with van der Waals surface area (Å²) < 4.78 is 0. The third-order valence-corrected chi connectivity index (χ3v) is 4.12. The molecule has 2 aliphatic heterocycles. The Morgan fingerprint density at radius 2 is 1.53 bits per heavy atom. The normalized spacial score (nSPS) is 24.7. The maximum atomic E-state index is 12.4. The van der Waals surface area contributed by atoms with Crippen LogP contribution >= 0.6 is 0 Å². The molecule has 0 N–H and O–H groups in total. The molecule has 2 amide bonds. The summed E-state index contributed by atoms with van der Waals surface area (Å²) >= 11 is 0. The molecule has 1 atom stereocenters. The van der Waals surface area contributed by atoms with E-state index >= 15 is 0 Å². The minimum Gasteiger partial charge on any atom is -0.342 e. The van der Waals surface area contributed by atoms with Gasteiger partial charge in [-0.05, 0) is 25.7 Å². The molecule has 108 valence electrons. The predicted octanol–water partition coefficient (Wildman–Crippen LogP) is 1.89. The highest BCUT2D eigenvalue weighted by Crippen LogP contribution is 2.25. The Hall–Kier alpha value is -1.06. The average molecular weight is 266 g/mol. The third-order valence-electron chi connectivity index (χ3n) is 4.12. The van der Waals surface area contributed by atoms with Gasteiger partial charge in [-0.1, -0.05) is 20.8 Å². The van der Waals surface area contributed by atoms with Crippen molar-refractivity contribution in [1.29, 1.82) is 0 Å². The molecular weight excluding hydrogens is 240 g/mol. The molecule has 0 bridgehead atoms. The minimum atomic E-state index is -0.349. The van der Waals surface area contributed by atoms with Crippen molar-refractivity contribution < 1.29 is 9.59 Å². The summed E-state index contributed by atoms with van der Waals surface area (Å²) in [6.45, 7) is 9.07. The molecule has 0 aliphatic carbocycles. The quantitative estimate of drug-likeness (QED) is 0.727. The van der Waals surface area contributed by atoms with E-state index in [2.05, 4.69) is 0 Å². The number of amides is 2. The molecule has 2 heterocycles. The van der Waals surface area contributed by atoms with Gasteiger partial charge in [-0.3, -0.25) is 9.59 Å². The van der Waals surface area contributed by atoms with Gasteiger partial charge in [-0.25, -0.2) is 0 Å². The highest BCUT2D eigenvalue weighted by Gasteiger charge is 2.35. The van der Waals surface area contributed by atoms with Gasteiger partial charge in [0.2, 0.25) is 11.8 Å². The lowest BCUT2D eigenvalue weighted by Gasteiger charge is -2.37. The Balaban J connectivity index is 1.97. The summed E-state index contributed by atoms with van der Waals surface area (Å²) in [7, 11) is 0. The summed E-state index contributed by atoms with van der Waals surface area (Å²) in [5.74, 6) is 0.466. The lowest BCUT2D eigenvalue weighted by atomic mass is 9.90. The molecule has 2 fully saturated rings. The van der Waals surface area contributed by atoms with E-state index in [0.717, 1.165) is 45.3 Å². The fourth-order valence-electron chi connectivity index (χ4n) is 3.03. The van der Waals surface area contributed by atoms with Gasteiger partial charge in [0, 0.05) is 31.6 Å². The molecule has 0 aromatic carbocycles. The van der Waals surface area contributed by atoms with Crippen LogP contribution in [0.15, 0.2) is 0 Å². The fourth-order valence-corrected chi connectivity index (χ4v) is 3.03. The molecule has 0 spiro atoms. The van der Waals surface area contributed by atoms with Gasteiger partial charge in [0.15, 0.2) is 0 Å². The van der Waals surface area contributed by atoms with Gasteiger partial charge >= 0.3 is 0 Å². The van der Waals surface area contributed by atoms with Crippen molar-refractivity contribution in [3.05, 3.63) is 0 Å². The van der Waals surface area contributed by atoms with Crippen LogP contribution in [-0.4, -0.2) is 47.8 Å². The van der Waals surface area contributed by atoms with Crippen LogP contribution in [0.4, 0.5) is 0 Å². The van der Waals surface area contributed by atoms with Crippen LogP contribution in [0.5, 0.6) is 0 Å². The standard InChI is InChI=1S/C15H26N2O2/c1-15(2,3)14(19)17-10-6-7-12(11-17)13(18)16-8-4-5-9-16/h12H,4-11H2,1-3H3. The van der Waals surface area contributed by atoms with E-state index in [1.54, 1.807) is 0 Å². The summed E-state index contributed by atoms with van der Waals surface area (Å²) in [5, 5.41) is 0. The van der Waals surface area contributed by atoms with E-state index in [1.807, 2.05) is 30.6 Å². The van der Waals surface area contributed by atoms with E-state index in [1.165, 1.54) is 0 Å². The van der Waals surface area contributed by atoms with Gasteiger partial charge in [-0.15, -0.1) is 0 Å². The second-order valence-electron chi connectivity index (χ2n) is 6.87. The first kappa shape index (κ1) is 14.4. The van der Waals surface area contributed by atoms with E-state index in [9.17, 15) is 9.59 Å². The van der Waals surface area contributed by atoms with Crippen molar-refractivity contribution in [3.63, 3.8) is 0 Å². The van der Waals surface area contributed by atoms with E-state index in [0.29, 0.717) is 6.54 Å². The Kier molecular flexibility index (Phi) is 4.16. The van der Waals surface area contributed by atoms with Gasteiger partial charge in [0.25, 0.3) is 0 Å². The first-order valence-electron chi connectivity index (χ1n) is 7.48. The molecule has 0 saturated carbocycles. The van der Waals surface area contributed by atoms with Crippen LogP contribution < -0.4 is 0 Å². The second-order valence-corrected chi connectivity index (χ2v) is 6.87. The zero-order valence-corrected chi connectivity index (χ0v) is 12.4. The summed E-state index contributed by atoms with van der Waals surface area (Å²) in [6.07, 6.45) is 4.14. The fraction of sp³-hybridized carbons (Fsp3) is 0.867. The zero-order valence-electron chi connectivity index (χ0n) is 12.4. The Morgan fingerprint density at radius 1 is 0.947 bits per heavy atom. The SMILES string of the molecule is CC(C)(C)C(=O)N1CCCC(C(=O)N2CCCC2)C1. The predicted molar refractivity (Wildman–Crippen MR) is 74.6 cm³/mol. The van der Waals surface area contributed by atoms with Gasteiger partial charge in [0.05, 0.1) is 5.92 Å². The lowest BCUT2D eigenvalue weighted by molar-refractivity contribution is -0.145. The number of hydrogen-bond donors (Lipinski definition) is 0. The number of carbonyl (C=O) groups is 2. The van der Waals surface area contributed by atoms with Crippen molar-refractivity contribution in [1.82, 2.24) is 9.80 Å². The number of rotatable bonds is 1. The first-order chi connectivity index (χ1) is 8.89. The second kappa shape index (κ2) is 5.51. The molecule has 2 rings (SSSR count). The van der Waals surface area contributed by atoms with Gasteiger partial charge in [0.1, 0.15) is 0 Å². The smallest absolute Gasteiger partial charge is 0.227 e. The monoisotopic (exact) mass is 266 g/mol. The van der Waals surface area contributed by atoms with Crippen molar-refractivity contribution >= 4 is 11.8 Å². The highest BCUT2D eigenvalue weighted by atomic mass is 16.2. The van der Waals surface area contributed by atoms with Crippen LogP contribution in [-0.2, 0) is 9.59 Å². The molecule has 2 saturated heterocycles. The molecule has 0 aromatic rings. The minimum absolute atomic E-state index is 0.0261. The number of likely N-dealkylation sites (tertiary alicyclic amines) is 2. The number of nitrogens with zero attached hydrogens (tertiary/aromatic N) is 2.